The van der Waals surface area contributed by atoms with Crippen LogP contribution in [0.1, 0.15) is 110 Å². The normalized spacial score (nSPS) is 10.9. The summed E-state index contributed by atoms with van der Waals surface area (Å²) in [6.07, 6.45) is 21.3. The van der Waals surface area contributed by atoms with E-state index in [1.54, 1.807) is 0 Å². The molecule has 0 atom stereocenters. The Morgan fingerprint density at radius 1 is 0.600 bits per heavy atom. The number of hydrogen-bond donors (Lipinski definition) is 0. The number of hydrogen-bond acceptors (Lipinski definition) is 1. The van der Waals surface area contributed by atoms with Crippen LogP contribution in [0.5, 0.6) is 0 Å². The number of carbonyl (C=O) groups is 1. The molecule has 0 fully saturated rings. The second kappa shape index (κ2) is 17.2. The molecule has 0 bridgehead atoms. The molecule has 0 amide bonds. The Morgan fingerprint density at radius 3 is 1.20 bits per heavy atom. The Labute approximate surface area is 135 Å². The minimum Gasteiger partial charge on any atom is -0.287 e. The zero-order chi connectivity index (χ0) is 14.9. The van der Waals surface area contributed by atoms with E-state index in [1.165, 1.54) is 89.9 Å². The Balaban J connectivity index is 2.94. The van der Waals surface area contributed by atoms with E-state index in [1.807, 2.05) is 0 Å². The highest BCUT2D eigenvalue weighted by Crippen LogP contribution is 2.13. The fraction of sp³-hybridized carbons (Fsp3) is 0.944. The summed E-state index contributed by atoms with van der Waals surface area (Å²) in [7, 11) is 0. The van der Waals surface area contributed by atoms with Crippen molar-refractivity contribution < 1.29 is 4.79 Å². The molecule has 0 aromatic carbocycles. The van der Waals surface area contributed by atoms with Gasteiger partial charge in [0.25, 0.3) is 0 Å². The average molecular weight is 347 g/mol. The summed E-state index contributed by atoms with van der Waals surface area (Å²) in [5.41, 5.74) is 0. The smallest absolute Gasteiger partial charge is 0.197 e. The van der Waals surface area contributed by atoms with E-state index in [0.717, 1.165) is 6.42 Å². The van der Waals surface area contributed by atoms with Gasteiger partial charge >= 0.3 is 0 Å². The highest BCUT2D eigenvalue weighted by molar-refractivity contribution is 9.18. The minimum absolute atomic E-state index is 0.159. The third-order valence-corrected chi connectivity index (χ3v) is 4.37. The molecule has 0 N–H and O–H groups in total. The molecular weight excluding hydrogens is 312 g/mol. The van der Waals surface area contributed by atoms with Crippen LogP contribution in [0.25, 0.3) is 0 Å². The SMILES string of the molecule is CCCCCCCCCCCCCCCCCC(=O)Br. The first-order valence-electron chi connectivity index (χ1n) is 8.95. The first-order chi connectivity index (χ1) is 9.77. The molecule has 20 heavy (non-hydrogen) atoms. The van der Waals surface area contributed by atoms with Crippen LogP contribution < -0.4 is 0 Å². The monoisotopic (exact) mass is 346 g/mol. The van der Waals surface area contributed by atoms with Crippen LogP contribution in [-0.2, 0) is 4.79 Å². The maximum atomic E-state index is 10.7. The summed E-state index contributed by atoms with van der Waals surface area (Å²) < 4.78 is 0.159. The lowest BCUT2D eigenvalue weighted by atomic mass is 10.0. The number of halogens is 1. The number of carbonyl (C=O) groups excluding carboxylic acids is 1. The Kier molecular flexibility index (Phi) is 17.3. The maximum Gasteiger partial charge on any atom is 0.197 e. The van der Waals surface area contributed by atoms with E-state index in [9.17, 15) is 4.79 Å². The van der Waals surface area contributed by atoms with Crippen molar-refractivity contribution in [1.82, 2.24) is 0 Å². The van der Waals surface area contributed by atoms with Crippen molar-refractivity contribution in [3.8, 4) is 0 Å². The van der Waals surface area contributed by atoms with Gasteiger partial charge in [-0.2, -0.15) is 0 Å². The van der Waals surface area contributed by atoms with Gasteiger partial charge in [0.1, 0.15) is 0 Å². The number of unbranched alkanes of at least 4 members (excludes halogenated alkanes) is 14. The zero-order valence-electron chi connectivity index (χ0n) is 13.6. The minimum atomic E-state index is 0.159. The molecule has 0 rings (SSSR count). The van der Waals surface area contributed by atoms with E-state index >= 15 is 0 Å². The lowest BCUT2D eigenvalue weighted by Crippen LogP contribution is -1.86. The van der Waals surface area contributed by atoms with Crippen LogP contribution in [0.2, 0.25) is 0 Å². The topological polar surface area (TPSA) is 17.1 Å². The van der Waals surface area contributed by atoms with Gasteiger partial charge in [0.2, 0.25) is 0 Å². The molecular formula is C18H35BrO. The first kappa shape index (κ1) is 20.1. The van der Waals surface area contributed by atoms with E-state index in [2.05, 4.69) is 22.9 Å². The summed E-state index contributed by atoms with van der Waals surface area (Å²) in [4.78, 5) is 10.7. The van der Waals surface area contributed by atoms with E-state index in [-0.39, 0.29) is 4.69 Å². The molecule has 0 aromatic heterocycles. The average Bonchev–Trinajstić information content (AvgIpc) is 2.43. The van der Waals surface area contributed by atoms with Crippen molar-refractivity contribution in [3.05, 3.63) is 0 Å². The zero-order valence-corrected chi connectivity index (χ0v) is 15.2. The molecule has 0 aromatic rings. The van der Waals surface area contributed by atoms with Crippen molar-refractivity contribution in [1.29, 1.82) is 0 Å². The Hall–Kier alpha value is 0.150. The number of rotatable bonds is 16. The molecule has 0 heterocycles. The molecule has 1 nitrogen and oxygen atoms in total. The summed E-state index contributed by atoms with van der Waals surface area (Å²) >= 11 is 2.98. The molecule has 0 radical (unpaired) electrons. The molecule has 0 saturated carbocycles. The summed E-state index contributed by atoms with van der Waals surface area (Å²) in [5.74, 6) is 0. The van der Waals surface area contributed by atoms with Crippen LogP contribution in [0, 0.1) is 0 Å². The van der Waals surface area contributed by atoms with Crippen LogP contribution >= 0.6 is 15.9 Å². The lowest BCUT2D eigenvalue weighted by Gasteiger charge is -2.03. The van der Waals surface area contributed by atoms with Crippen molar-refractivity contribution in [2.24, 2.45) is 0 Å². The molecule has 0 aliphatic carbocycles. The fourth-order valence-corrected chi connectivity index (χ4v) is 2.92. The predicted octanol–water partition coefficient (Wildman–Crippen LogP) is 7.17. The largest absolute Gasteiger partial charge is 0.287 e. The van der Waals surface area contributed by atoms with Gasteiger partial charge < -0.3 is 0 Å². The van der Waals surface area contributed by atoms with Crippen LogP contribution in [-0.4, -0.2) is 4.69 Å². The standard InChI is InChI=1S/C18H35BrO/c1-2-3-4-5-6-7-8-9-10-11-12-13-14-15-16-17-18(19)20/h2-17H2,1H3. The van der Waals surface area contributed by atoms with Gasteiger partial charge in [0.05, 0.1) is 0 Å². The highest BCUT2D eigenvalue weighted by Gasteiger charge is 1.96. The Bertz CT molecular complexity index is 204. The van der Waals surface area contributed by atoms with E-state index < -0.39 is 0 Å². The van der Waals surface area contributed by atoms with Gasteiger partial charge in [-0.05, 0) is 22.4 Å². The second-order valence-electron chi connectivity index (χ2n) is 6.05. The summed E-state index contributed by atoms with van der Waals surface area (Å²) in [6, 6.07) is 0. The van der Waals surface area contributed by atoms with Crippen molar-refractivity contribution >= 4 is 20.6 Å². The van der Waals surface area contributed by atoms with E-state index in [0.29, 0.717) is 6.42 Å². The lowest BCUT2D eigenvalue weighted by molar-refractivity contribution is -0.110. The molecule has 2 heteroatoms. The van der Waals surface area contributed by atoms with Crippen molar-refractivity contribution in [2.75, 3.05) is 0 Å². The quantitative estimate of drug-likeness (QED) is 0.214. The molecule has 0 aliphatic heterocycles. The molecule has 0 spiro atoms. The molecule has 0 aliphatic rings. The fourth-order valence-electron chi connectivity index (χ4n) is 2.64. The van der Waals surface area contributed by atoms with Crippen molar-refractivity contribution in [3.63, 3.8) is 0 Å². The third-order valence-electron chi connectivity index (χ3n) is 3.98. The second-order valence-corrected chi connectivity index (χ2v) is 6.94. The van der Waals surface area contributed by atoms with Crippen molar-refractivity contribution in [2.45, 2.75) is 110 Å². The van der Waals surface area contributed by atoms with Crippen LogP contribution in [0.4, 0.5) is 0 Å². The third kappa shape index (κ3) is 18.1. The van der Waals surface area contributed by atoms with Crippen LogP contribution in [0.3, 0.4) is 0 Å². The van der Waals surface area contributed by atoms with E-state index in [4.69, 9.17) is 0 Å². The Morgan fingerprint density at radius 2 is 0.900 bits per heavy atom. The van der Waals surface area contributed by atoms with Gasteiger partial charge in [0, 0.05) is 6.42 Å². The first-order valence-corrected chi connectivity index (χ1v) is 9.75. The summed E-state index contributed by atoms with van der Waals surface area (Å²) in [6.45, 7) is 2.28. The molecule has 0 unspecified atom stereocenters. The van der Waals surface area contributed by atoms with Gasteiger partial charge in [-0.3, -0.25) is 4.79 Å². The molecule has 120 valence electrons. The van der Waals surface area contributed by atoms with Crippen LogP contribution in [0.15, 0.2) is 0 Å². The predicted molar refractivity (Wildman–Crippen MR) is 93.5 cm³/mol. The highest BCUT2D eigenvalue weighted by atomic mass is 79.9. The molecule has 0 saturated heterocycles. The van der Waals surface area contributed by atoms with Gasteiger partial charge in [0.15, 0.2) is 4.69 Å². The van der Waals surface area contributed by atoms with Gasteiger partial charge in [-0.25, -0.2) is 0 Å². The van der Waals surface area contributed by atoms with Gasteiger partial charge in [-0.15, -0.1) is 0 Å². The van der Waals surface area contributed by atoms with Gasteiger partial charge in [-0.1, -0.05) is 96.8 Å². The summed E-state index contributed by atoms with van der Waals surface area (Å²) in [5, 5.41) is 0. The maximum absolute atomic E-state index is 10.7.